The summed E-state index contributed by atoms with van der Waals surface area (Å²) >= 11 is 0. The van der Waals surface area contributed by atoms with E-state index in [4.69, 9.17) is 4.42 Å². The lowest BCUT2D eigenvalue weighted by atomic mass is 10.0. The van der Waals surface area contributed by atoms with Crippen LogP contribution in [0.25, 0.3) is 0 Å². The van der Waals surface area contributed by atoms with Crippen molar-refractivity contribution in [3.63, 3.8) is 0 Å². The van der Waals surface area contributed by atoms with Crippen molar-refractivity contribution < 1.29 is 9.21 Å². The quantitative estimate of drug-likeness (QED) is 0.772. The first-order chi connectivity index (χ1) is 8.75. The van der Waals surface area contributed by atoms with Crippen LogP contribution in [0.5, 0.6) is 0 Å². The summed E-state index contributed by atoms with van der Waals surface area (Å²) in [7, 11) is 0. The molecule has 18 heavy (non-hydrogen) atoms. The Bertz CT molecular complexity index is 589. The van der Waals surface area contributed by atoms with Gasteiger partial charge in [-0.3, -0.25) is 4.79 Å². The van der Waals surface area contributed by atoms with Crippen molar-refractivity contribution in [1.29, 1.82) is 0 Å². The van der Waals surface area contributed by atoms with Crippen LogP contribution in [0.2, 0.25) is 0 Å². The number of para-hydroxylation sites is 1. The Labute approximate surface area is 105 Å². The summed E-state index contributed by atoms with van der Waals surface area (Å²) in [5, 5.41) is 0. The van der Waals surface area contributed by atoms with Crippen molar-refractivity contribution in [3.05, 3.63) is 47.7 Å². The molecule has 0 aliphatic carbocycles. The highest BCUT2D eigenvalue weighted by Crippen LogP contribution is 2.28. The molecule has 0 N–H and O–H groups in total. The van der Waals surface area contributed by atoms with Gasteiger partial charge in [0.1, 0.15) is 0 Å². The van der Waals surface area contributed by atoms with Gasteiger partial charge in [-0.05, 0) is 24.5 Å². The number of benzene rings is 1. The fourth-order valence-electron chi connectivity index (χ4n) is 2.34. The van der Waals surface area contributed by atoms with E-state index in [1.165, 1.54) is 11.8 Å². The zero-order chi connectivity index (χ0) is 12.5. The molecule has 1 aromatic heterocycles. The summed E-state index contributed by atoms with van der Waals surface area (Å²) in [6.07, 6.45) is 3.50. The van der Waals surface area contributed by atoms with Crippen LogP contribution in [0, 0.1) is 6.92 Å². The van der Waals surface area contributed by atoms with Gasteiger partial charge in [-0.1, -0.05) is 18.2 Å². The number of amides is 1. The van der Waals surface area contributed by atoms with Crippen molar-refractivity contribution in [2.24, 2.45) is 0 Å². The first kappa shape index (κ1) is 11.0. The summed E-state index contributed by atoms with van der Waals surface area (Å²) in [6, 6.07) is 8.01. The fourth-order valence-corrected chi connectivity index (χ4v) is 2.34. The number of fused-ring (bicyclic) bond motifs is 1. The maximum atomic E-state index is 12.4. The van der Waals surface area contributed by atoms with Crippen molar-refractivity contribution >= 4 is 11.6 Å². The van der Waals surface area contributed by atoms with Crippen LogP contribution in [0.15, 0.2) is 34.9 Å². The van der Waals surface area contributed by atoms with Crippen LogP contribution < -0.4 is 4.90 Å². The molecule has 1 aliphatic heterocycles. The molecule has 0 unspecified atom stereocenters. The maximum absolute atomic E-state index is 12.4. The number of aryl methyl sites for hydroxylation is 2. The van der Waals surface area contributed by atoms with Gasteiger partial charge in [0, 0.05) is 19.2 Å². The highest BCUT2D eigenvalue weighted by Gasteiger charge is 2.25. The lowest BCUT2D eigenvalue weighted by Gasteiger charge is -2.28. The number of rotatable bonds is 1. The Kier molecular flexibility index (Phi) is 2.63. The van der Waals surface area contributed by atoms with Gasteiger partial charge in [0.2, 0.25) is 5.76 Å². The van der Waals surface area contributed by atoms with Crippen molar-refractivity contribution in [3.8, 4) is 0 Å². The molecular formula is C14H14N2O2. The van der Waals surface area contributed by atoms with E-state index in [1.807, 2.05) is 18.2 Å². The standard InChI is InChI=1S/C14H14N2O2/c1-10-15-9-13(18-10)14(17)16-8-4-6-11-5-2-3-7-12(11)16/h2-3,5,7,9H,4,6,8H2,1H3. The van der Waals surface area contributed by atoms with Crippen LogP contribution >= 0.6 is 0 Å². The summed E-state index contributed by atoms with van der Waals surface area (Å²) < 4.78 is 5.31. The minimum Gasteiger partial charge on any atom is -0.436 e. The molecule has 0 spiro atoms. The number of carbonyl (C=O) groups excluding carboxylic acids is 1. The molecule has 92 valence electrons. The fraction of sp³-hybridized carbons (Fsp3) is 0.286. The predicted octanol–water partition coefficient (Wildman–Crippen LogP) is 2.58. The van der Waals surface area contributed by atoms with Crippen molar-refractivity contribution in [2.45, 2.75) is 19.8 Å². The third-order valence-electron chi connectivity index (χ3n) is 3.19. The zero-order valence-electron chi connectivity index (χ0n) is 10.2. The zero-order valence-corrected chi connectivity index (χ0v) is 10.2. The molecule has 4 heteroatoms. The Morgan fingerprint density at radius 1 is 1.39 bits per heavy atom. The number of nitrogens with zero attached hydrogens (tertiary/aromatic N) is 2. The molecule has 3 rings (SSSR count). The normalized spacial score (nSPS) is 14.4. The van der Waals surface area contributed by atoms with E-state index in [-0.39, 0.29) is 5.91 Å². The van der Waals surface area contributed by atoms with Gasteiger partial charge in [-0.25, -0.2) is 4.98 Å². The molecule has 0 bridgehead atoms. The SMILES string of the molecule is Cc1ncc(C(=O)N2CCCc3ccccc32)o1. The molecule has 4 nitrogen and oxygen atoms in total. The van der Waals surface area contributed by atoms with Gasteiger partial charge in [0.25, 0.3) is 5.91 Å². The summed E-state index contributed by atoms with van der Waals surface area (Å²) in [5.41, 5.74) is 2.20. The monoisotopic (exact) mass is 242 g/mol. The molecule has 1 amide bonds. The second-order valence-corrected chi connectivity index (χ2v) is 4.43. The Balaban J connectivity index is 1.96. The number of hydrogen-bond acceptors (Lipinski definition) is 3. The summed E-state index contributed by atoms with van der Waals surface area (Å²) in [5.74, 6) is 0.718. The minimum atomic E-state index is -0.109. The highest BCUT2D eigenvalue weighted by molar-refractivity contribution is 6.04. The first-order valence-electron chi connectivity index (χ1n) is 6.08. The number of carbonyl (C=O) groups is 1. The summed E-state index contributed by atoms with van der Waals surface area (Å²) in [4.78, 5) is 18.1. The molecular weight excluding hydrogens is 228 g/mol. The average Bonchev–Trinajstić information content (AvgIpc) is 2.84. The molecule has 1 aromatic carbocycles. The topological polar surface area (TPSA) is 46.3 Å². The minimum absolute atomic E-state index is 0.109. The van der Waals surface area contributed by atoms with E-state index < -0.39 is 0 Å². The number of hydrogen-bond donors (Lipinski definition) is 0. The highest BCUT2D eigenvalue weighted by atomic mass is 16.4. The van der Waals surface area contributed by atoms with E-state index in [1.54, 1.807) is 11.8 Å². The number of aromatic nitrogens is 1. The molecule has 0 saturated carbocycles. The molecule has 0 saturated heterocycles. The summed E-state index contributed by atoms with van der Waals surface area (Å²) in [6.45, 7) is 2.47. The predicted molar refractivity (Wildman–Crippen MR) is 67.7 cm³/mol. The molecule has 1 aliphatic rings. The van der Waals surface area contributed by atoms with Crippen molar-refractivity contribution in [1.82, 2.24) is 4.98 Å². The van der Waals surface area contributed by atoms with E-state index in [0.29, 0.717) is 11.7 Å². The van der Waals surface area contributed by atoms with Gasteiger partial charge in [0.15, 0.2) is 5.89 Å². The number of oxazole rings is 1. The second-order valence-electron chi connectivity index (χ2n) is 4.43. The van der Waals surface area contributed by atoms with Crippen molar-refractivity contribution in [2.75, 3.05) is 11.4 Å². The Morgan fingerprint density at radius 3 is 3.00 bits per heavy atom. The average molecular weight is 242 g/mol. The van der Waals surface area contributed by atoms with E-state index in [9.17, 15) is 4.79 Å². The van der Waals surface area contributed by atoms with Gasteiger partial charge >= 0.3 is 0 Å². The largest absolute Gasteiger partial charge is 0.436 e. The van der Waals surface area contributed by atoms with Crippen LogP contribution in [0.3, 0.4) is 0 Å². The van der Waals surface area contributed by atoms with Gasteiger partial charge in [-0.15, -0.1) is 0 Å². The lowest BCUT2D eigenvalue weighted by Crippen LogP contribution is -2.35. The molecule has 0 radical (unpaired) electrons. The van der Waals surface area contributed by atoms with Gasteiger partial charge in [-0.2, -0.15) is 0 Å². The Morgan fingerprint density at radius 2 is 2.22 bits per heavy atom. The number of anilines is 1. The Hall–Kier alpha value is -2.10. The smallest absolute Gasteiger partial charge is 0.295 e. The van der Waals surface area contributed by atoms with E-state index in [2.05, 4.69) is 11.1 Å². The lowest BCUT2D eigenvalue weighted by molar-refractivity contribution is 0.0957. The molecule has 2 heterocycles. The van der Waals surface area contributed by atoms with Crippen LogP contribution in [0.1, 0.15) is 28.4 Å². The van der Waals surface area contributed by atoms with Gasteiger partial charge in [0.05, 0.1) is 6.20 Å². The molecule has 2 aromatic rings. The van der Waals surface area contributed by atoms with Crippen LogP contribution in [0.4, 0.5) is 5.69 Å². The first-order valence-corrected chi connectivity index (χ1v) is 6.08. The molecule has 0 atom stereocenters. The third-order valence-corrected chi connectivity index (χ3v) is 3.19. The van der Waals surface area contributed by atoms with Crippen LogP contribution in [-0.2, 0) is 6.42 Å². The molecule has 0 fully saturated rings. The second kappa shape index (κ2) is 4.29. The third kappa shape index (κ3) is 1.79. The van der Waals surface area contributed by atoms with Crippen LogP contribution in [-0.4, -0.2) is 17.4 Å². The van der Waals surface area contributed by atoms with E-state index in [0.717, 1.165) is 25.1 Å². The maximum Gasteiger partial charge on any atom is 0.295 e. The van der Waals surface area contributed by atoms with Gasteiger partial charge < -0.3 is 9.32 Å². The van der Waals surface area contributed by atoms with E-state index >= 15 is 0 Å².